The number of Topliss-reactive ketones (excluding diaryl/α,β-unsaturated/α-hetero) is 1. The maximum absolute atomic E-state index is 12.9. The maximum Gasteiger partial charge on any atom is 0.130 e. The molecule has 0 aliphatic carbocycles. The number of allylic oxidation sites excluding steroid dienone is 2. The lowest BCUT2D eigenvalue weighted by molar-refractivity contribution is -0.117. The van der Waals surface area contributed by atoms with Crippen LogP contribution in [0.5, 0.6) is 0 Å². The van der Waals surface area contributed by atoms with Gasteiger partial charge in [0.15, 0.2) is 0 Å². The summed E-state index contributed by atoms with van der Waals surface area (Å²) >= 11 is 0. The summed E-state index contributed by atoms with van der Waals surface area (Å²) in [6, 6.07) is 0. The summed E-state index contributed by atoms with van der Waals surface area (Å²) in [6.07, 6.45) is 9.11. The normalized spacial score (nSPS) is 13.0. The van der Waals surface area contributed by atoms with Crippen LogP contribution in [-0.2, 0) is 9.36 Å². The van der Waals surface area contributed by atoms with E-state index in [2.05, 4.69) is 20.1 Å². The van der Waals surface area contributed by atoms with Crippen LogP contribution in [0.4, 0.5) is 0 Å². The van der Waals surface area contributed by atoms with Gasteiger partial charge in [-0.15, -0.1) is 13.2 Å². The van der Waals surface area contributed by atoms with Gasteiger partial charge in [0.2, 0.25) is 0 Å². The van der Waals surface area contributed by atoms with E-state index in [9.17, 15) is 9.36 Å². The van der Waals surface area contributed by atoms with Gasteiger partial charge in [0.05, 0.1) is 7.14 Å². The molecule has 0 aromatic heterocycles. The number of rotatable bonds is 11. The van der Waals surface area contributed by atoms with Crippen LogP contribution in [0, 0.1) is 0 Å². The first-order chi connectivity index (χ1) is 8.50. The molecule has 0 unspecified atom stereocenters. The van der Waals surface area contributed by atoms with Crippen molar-refractivity contribution in [1.29, 1.82) is 0 Å². The van der Waals surface area contributed by atoms with Crippen LogP contribution >= 0.6 is 7.14 Å². The zero-order valence-corrected chi connectivity index (χ0v) is 12.8. The van der Waals surface area contributed by atoms with Gasteiger partial charge in [-0.3, -0.25) is 0 Å². The lowest BCUT2D eigenvalue weighted by Gasteiger charge is -2.25. The van der Waals surface area contributed by atoms with Crippen molar-refractivity contribution in [3.63, 3.8) is 0 Å². The maximum atomic E-state index is 12.9. The first-order valence-electron chi connectivity index (χ1n) is 6.79. The summed E-state index contributed by atoms with van der Waals surface area (Å²) in [4.78, 5) is 11.4. The zero-order valence-electron chi connectivity index (χ0n) is 11.9. The van der Waals surface area contributed by atoms with Gasteiger partial charge in [-0.25, -0.2) is 0 Å². The minimum atomic E-state index is -2.38. The van der Waals surface area contributed by atoms with Crippen LogP contribution in [-0.4, -0.2) is 23.8 Å². The van der Waals surface area contributed by atoms with E-state index in [1.165, 1.54) is 0 Å². The molecule has 0 saturated heterocycles. The predicted octanol–water partition coefficient (Wildman–Crippen LogP) is 4.65. The van der Waals surface area contributed by atoms with E-state index in [-0.39, 0.29) is 11.4 Å². The molecule has 0 aromatic rings. The third-order valence-corrected chi connectivity index (χ3v) is 6.73. The Morgan fingerprint density at radius 3 is 2.17 bits per heavy atom. The molecule has 0 aliphatic rings. The average Bonchev–Trinajstić information content (AvgIpc) is 2.28. The van der Waals surface area contributed by atoms with Crippen LogP contribution in [0.2, 0.25) is 0 Å². The Kier molecular flexibility index (Phi) is 9.01. The van der Waals surface area contributed by atoms with Crippen LogP contribution in [0.3, 0.4) is 0 Å². The van der Waals surface area contributed by atoms with E-state index in [4.69, 9.17) is 0 Å². The fraction of sp³-hybridized carbons (Fsp3) is 0.667. The molecule has 104 valence electrons. The Labute approximate surface area is 112 Å². The van der Waals surface area contributed by atoms with Crippen LogP contribution < -0.4 is 0 Å². The van der Waals surface area contributed by atoms with Crippen molar-refractivity contribution < 1.29 is 9.36 Å². The third kappa shape index (κ3) is 6.35. The number of hydrogen-bond donors (Lipinski definition) is 0. The van der Waals surface area contributed by atoms with Gasteiger partial charge in [0.1, 0.15) is 5.78 Å². The van der Waals surface area contributed by atoms with Gasteiger partial charge in [0.25, 0.3) is 0 Å². The molecular formula is C15H27O2P. The van der Waals surface area contributed by atoms with E-state index in [0.29, 0.717) is 18.7 Å². The summed E-state index contributed by atoms with van der Waals surface area (Å²) < 4.78 is 12.9. The molecule has 0 heterocycles. The highest BCUT2D eigenvalue weighted by Gasteiger charge is 2.30. The van der Waals surface area contributed by atoms with E-state index in [1.54, 1.807) is 19.1 Å². The fourth-order valence-corrected chi connectivity index (χ4v) is 5.14. The van der Waals surface area contributed by atoms with Gasteiger partial charge >= 0.3 is 0 Å². The molecule has 0 aromatic carbocycles. The first-order valence-corrected chi connectivity index (χ1v) is 8.93. The number of hydrogen-bond acceptors (Lipinski definition) is 2. The van der Waals surface area contributed by atoms with Gasteiger partial charge < -0.3 is 9.36 Å². The Morgan fingerprint density at radius 2 is 1.78 bits per heavy atom. The van der Waals surface area contributed by atoms with Crippen molar-refractivity contribution in [2.45, 2.75) is 51.6 Å². The molecule has 0 fully saturated rings. The average molecular weight is 270 g/mol. The standard InChI is InChI=1S/C15H27O2P/c1-5-8-9-10-15(13-14(4)16)18(17,11-6-2)12-7-3/h6-7,15H,2-3,5,8-13H2,1,4H3/t15-/m1/s1. The van der Waals surface area contributed by atoms with Gasteiger partial charge in [-0.1, -0.05) is 38.3 Å². The largest absolute Gasteiger partial charge is 0.323 e. The highest BCUT2D eigenvalue weighted by Crippen LogP contribution is 2.53. The number of ketones is 1. The highest BCUT2D eigenvalue weighted by atomic mass is 31.2. The molecule has 0 saturated carbocycles. The van der Waals surface area contributed by atoms with Gasteiger partial charge in [-0.2, -0.15) is 0 Å². The topological polar surface area (TPSA) is 34.1 Å². The lowest BCUT2D eigenvalue weighted by Crippen LogP contribution is -2.16. The summed E-state index contributed by atoms with van der Waals surface area (Å²) in [6.45, 7) is 11.1. The molecular weight excluding hydrogens is 243 g/mol. The monoisotopic (exact) mass is 270 g/mol. The van der Waals surface area contributed by atoms with Crippen LogP contribution in [0.1, 0.15) is 46.0 Å². The quantitative estimate of drug-likeness (QED) is 0.311. The van der Waals surface area contributed by atoms with Crippen molar-refractivity contribution >= 4 is 12.9 Å². The molecule has 2 nitrogen and oxygen atoms in total. The van der Waals surface area contributed by atoms with Crippen molar-refractivity contribution in [2.24, 2.45) is 0 Å². The van der Waals surface area contributed by atoms with Gasteiger partial charge in [-0.05, 0) is 13.3 Å². The second kappa shape index (κ2) is 9.33. The van der Waals surface area contributed by atoms with Crippen LogP contribution in [0.15, 0.2) is 25.3 Å². The Morgan fingerprint density at radius 1 is 1.22 bits per heavy atom. The second-order valence-electron chi connectivity index (χ2n) is 4.95. The molecule has 18 heavy (non-hydrogen) atoms. The molecule has 0 spiro atoms. The van der Waals surface area contributed by atoms with Crippen molar-refractivity contribution in [1.82, 2.24) is 0 Å². The SMILES string of the molecule is C=CCP(=O)(CC=C)[C@H](CCCCC)CC(C)=O. The summed E-state index contributed by atoms with van der Waals surface area (Å²) in [7, 11) is -2.38. The Hall–Kier alpha value is -0.620. The molecule has 0 N–H and O–H groups in total. The van der Waals surface area contributed by atoms with Crippen LogP contribution in [0.25, 0.3) is 0 Å². The molecule has 3 heteroatoms. The minimum absolute atomic E-state index is 0.0116. The summed E-state index contributed by atoms with van der Waals surface area (Å²) in [5.74, 6) is 0.129. The molecule has 0 rings (SSSR count). The summed E-state index contributed by atoms with van der Waals surface area (Å²) in [5.41, 5.74) is 0.0116. The predicted molar refractivity (Wildman–Crippen MR) is 81.0 cm³/mol. The third-order valence-electron chi connectivity index (χ3n) is 3.21. The number of carbonyl (C=O) groups is 1. The molecule has 0 radical (unpaired) electrons. The van der Waals surface area contributed by atoms with Crippen molar-refractivity contribution in [2.75, 3.05) is 12.3 Å². The number of carbonyl (C=O) groups excluding carboxylic acids is 1. The number of unbranched alkanes of at least 4 members (excludes halogenated alkanes) is 2. The smallest absolute Gasteiger partial charge is 0.130 e. The van der Waals surface area contributed by atoms with Crippen molar-refractivity contribution in [3.8, 4) is 0 Å². The van der Waals surface area contributed by atoms with E-state index < -0.39 is 7.14 Å². The highest BCUT2D eigenvalue weighted by molar-refractivity contribution is 7.65. The Bertz CT molecular complexity index is 306. The molecule has 0 amide bonds. The van der Waals surface area contributed by atoms with Crippen molar-refractivity contribution in [3.05, 3.63) is 25.3 Å². The summed E-state index contributed by atoms with van der Waals surface area (Å²) in [5, 5.41) is 0. The fourth-order valence-electron chi connectivity index (χ4n) is 2.28. The van der Waals surface area contributed by atoms with E-state index in [0.717, 1.165) is 25.7 Å². The van der Waals surface area contributed by atoms with E-state index >= 15 is 0 Å². The zero-order chi connectivity index (χ0) is 14.0. The van der Waals surface area contributed by atoms with Gasteiger partial charge in [0, 0.05) is 24.4 Å². The second-order valence-corrected chi connectivity index (χ2v) is 8.32. The lowest BCUT2D eigenvalue weighted by atomic mass is 10.1. The van der Waals surface area contributed by atoms with E-state index in [1.807, 2.05) is 0 Å². The first kappa shape index (κ1) is 17.4. The molecule has 0 aliphatic heterocycles. The molecule has 0 bridgehead atoms. The molecule has 1 atom stereocenters. The Balaban J connectivity index is 4.84. The minimum Gasteiger partial charge on any atom is -0.323 e.